The van der Waals surface area contributed by atoms with Gasteiger partial charge in [0.1, 0.15) is 10.6 Å². The zero-order valence-electron chi connectivity index (χ0n) is 12.7. The number of benzene rings is 1. The Bertz CT molecular complexity index is 760. The molecule has 0 atom stereocenters. The Hall–Kier alpha value is -2.02. The van der Waals surface area contributed by atoms with E-state index in [-0.39, 0.29) is 4.90 Å². The van der Waals surface area contributed by atoms with Crippen molar-refractivity contribution >= 4 is 15.7 Å². The van der Waals surface area contributed by atoms with E-state index in [1.807, 2.05) is 19.9 Å². The highest BCUT2D eigenvalue weighted by atomic mass is 32.2. The summed E-state index contributed by atoms with van der Waals surface area (Å²) in [7, 11) is -2.20. The Labute approximate surface area is 124 Å². The number of nitrogens with zero attached hydrogens (tertiary/aromatic N) is 1. The van der Waals surface area contributed by atoms with Crippen LogP contribution in [0.3, 0.4) is 0 Å². The first-order valence-corrected chi connectivity index (χ1v) is 7.94. The molecule has 114 valence electrons. The number of nitrogens with one attached hydrogen (secondary N) is 2. The lowest BCUT2D eigenvalue weighted by Crippen LogP contribution is -2.15. The topological polar surface area (TPSA) is 84.1 Å². The standard InChI is InChI=1S/C14H19N3O3S/c1-8-6-9(2)13(20-5)12(7-8)17-21(18,19)14-10(3)15-16-11(14)4/h6-7,17H,1-5H3,(H,15,16). The smallest absolute Gasteiger partial charge is 0.265 e. The zero-order valence-corrected chi connectivity index (χ0v) is 13.6. The largest absolute Gasteiger partial charge is 0.494 e. The number of anilines is 1. The second kappa shape index (κ2) is 5.40. The molecule has 0 fully saturated rings. The van der Waals surface area contributed by atoms with Gasteiger partial charge in [0.15, 0.2) is 0 Å². The van der Waals surface area contributed by atoms with Gasteiger partial charge in [-0.25, -0.2) is 8.42 Å². The van der Waals surface area contributed by atoms with Crippen LogP contribution in [0.2, 0.25) is 0 Å². The maximum absolute atomic E-state index is 12.6. The molecule has 0 amide bonds. The normalized spacial score (nSPS) is 11.5. The van der Waals surface area contributed by atoms with Gasteiger partial charge in [-0.05, 0) is 44.9 Å². The number of rotatable bonds is 4. The van der Waals surface area contributed by atoms with Crippen molar-refractivity contribution in [3.8, 4) is 5.75 Å². The first-order chi connectivity index (χ1) is 9.76. The van der Waals surface area contributed by atoms with E-state index < -0.39 is 10.0 Å². The van der Waals surface area contributed by atoms with E-state index in [0.717, 1.165) is 11.1 Å². The highest BCUT2D eigenvalue weighted by Crippen LogP contribution is 2.32. The summed E-state index contributed by atoms with van der Waals surface area (Å²) in [6.45, 7) is 7.10. The molecule has 0 saturated heterocycles. The van der Waals surface area contributed by atoms with E-state index in [1.54, 1.807) is 19.9 Å². The fourth-order valence-electron chi connectivity index (χ4n) is 2.43. The van der Waals surface area contributed by atoms with Crippen molar-refractivity contribution in [1.29, 1.82) is 0 Å². The Morgan fingerprint density at radius 3 is 2.38 bits per heavy atom. The molecule has 0 aliphatic heterocycles. The van der Waals surface area contributed by atoms with Gasteiger partial charge in [-0.3, -0.25) is 9.82 Å². The molecule has 0 bridgehead atoms. The average molecular weight is 309 g/mol. The molecule has 2 rings (SSSR count). The first kappa shape index (κ1) is 15.4. The van der Waals surface area contributed by atoms with Crippen LogP contribution in [0.1, 0.15) is 22.5 Å². The van der Waals surface area contributed by atoms with Gasteiger partial charge in [-0.15, -0.1) is 0 Å². The van der Waals surface area contributed by atoms with E-state index in [1.165, 1.54) is 7.11 Å². The molecular formula is C14H19N3O3S. The number of methoxy groups -OCH3 is 1. The van der Waals surface area contributed by atoms with Crippen molar-refractivity contribution < 1.29 is 13.2 Å². The number of sulfonamides is 1. The van der Waals surface area contributed by atoms with E-state index in [9.17, 15) is 8.42 Å². The molecule has 1 heterocycles. The summed E-state index contributed by atoms with van der Waals surface area (Å²) < 4.78 is 33.0. The maximum atomic E-state index is 12.6. The van der Waals surface area contributed by atoms with Crippen molar-refractivity contribution in [3.05, 3.63) is 34.6 Å². The molecule has 0 saturated carbocycles. The molecule has 1 aromatic heterocycles. The summed E-state index contributed by atoms with van der Waals surface area (Å²) >= 11 is 0. The Balaban J connectivity index is 2.52. The summed E-state index contributed by atoms with van der Waals surface area (Å²) in [6.07, 6.45) is 0. The van der Waals surface area contributed by atoms with Gasteiger partial charge >= 0.3 is 0 Å². The number of aromatic nitrogens is 2. The van der Waals surface area contributed by atoms with Crippen molar-refractivity contribution in [3.63, 3.8) is 0 Å². The van der Waals surface area contributed by atoms with Gasteiger partial charge in [-0.1, -0.05) is 6.07 Å². The van der Waals surface area contributed by atoms with Crippen LogP contribution in [0, 0.1) is 27.7 Å². The van der Waals surface area contributed by atoms with Crippen molar-refractivity contribution in [2.75, 3.05) is 11.8 Å². The van der Waals surface area contributed by atoms with Gasteiger partial charge in [0, 0.05) is 0 Å². The Morgan fingerprint density at radius 2 is 1.86 bits per heavy atom. The summed E-state index contributed by atoms with van der Waals surface area (Å²) in [5, 5.41) is 6.61. The number of ether oxygens (including phenoxy) is 1. The minimum Gasteiger partial charge on any atom is -0.494 e. The van der Waals surface area contributed by atoms with Gasteiger partial charge in [0.05, 0.1) is 24.2 Å². The summed E-state index contributed by atoms with van der Waals surface area (Å²) in [4.78, 5) is 0.170. The molecule has 0 radical (unpaired) electrons. The third-order valence-electron chi connectivity index (χ3n) is 3.20. The van der Waals surface area contributed by atoms with Crippen LogP contribution < -0.4 is 9.46 Å². The van der Waals surface area contributed by atoms with Gasteiger partial charge in [0.25, 0.3) is 10.0 Å². The predicted octanol–water partition coefficient (Wildman–Crippen LogP) is 2.45. The van der Waals surface area contributed by atoms with Crippen LogP contribution >= 0.6 is 0 Å². The maximum Gasteiger partial charge on any atom is 0.265 e. The van der Waals surface area contributed by atoms with E-state index in [2.05, 4.69) is 14.9 Å². The highest BCUT2D eigenvalue weighted by Gasteiger charge is 2.24. The second-order valence-corrected chi connectivity index (χ2v) is 6.65. The van der Waals surface area contributed by atoms with Gasteiger partial charge in [0.2, 0.25) is 0 Å². The number of aryl methyl sites for hydroxylation is 4. The molecule has 0 spiro atoms. The van der Waals surface area contributed by atoms with E-state index in [4.69, 9.17) is 4.74 Å². The van der Waals surface area contributed by atoms with Crippen molar-refractivity contribution in [2.45, 2.75) is 32.6 Å². The third kappa shape index (κ3) is 2.87. The molecule has 7 heteroatoms. The summed E-state index contributed by atoms with van der Waals surface area (Å²) in [5.74, 6) is 0.517. The van der Waals surface area contributed by atoms with Crippen LogP contribution in [0.5, 0.6) is 5.75 Å². The monoisotopic (exact) mass is 309 g/mol. The van der Waals surface area contributed by atoms with Crippen molar-refractivity contribution in [2.24, 2.45) is 0 Å². The van der Waals surface area contributed by atoms with Crippen molar-refractivity contribution in [1.82, 2.24) is 10.2 Å². The number of aromatic amines is 1. The van der Waals surface area contributed by atoms with E-state index in [0.29, 0.717) is 22.8 Å². The first-order valence-electron chi connectivity index (χ1n) is 6.46. The van der Waals surface area contributed by atoms with Gasteiger partial charge in [-0.2, -0.15) is 5.10 Å². The van der Waals surface area contributed by atoms with Crippen LogP contribution in [-0.4, -0.2) is 25.7 Å². The Kier molecular flexibility index (Phi) is 3.95. The predicted molar refractivity (Wildman–Crippen MR) is 81.3 cm³/mol. The Morgan fingerprint density at radius 1 is 1.19 bits per heavy atom. The molecule has 21 heavy (non-hydrogen) atoms. The van der Waals surface area contributed by atoms with E-state index >= 15 is 0 Å². The van der Waals surface area contributed by atoms with Gasteiger partial charge < -0.3 is 4.74 Å². The number of hydrogen-bond donors (Lipinski definition) is 2. The highest BCUT2D eigenvalue weighted by molar-refractivity contribution is 7.92. The molecule has 0 unspecified atom stereocenters. The zero-order chi connectivity index (χ0) is 15.8. The molecular weight excluding hydrogens is 290 g/mol. The molecule has 0 aliphatic rings. The molecule has 0 aliphatic carbocycles. The van der Waals surface area contributed by atoms with Crippen LogP contribution in [-0.2, 0) is 10.0 Å². The molecule has 2 N–H and O–H groups in total. The fraction of sp³-hybridized carbons (Fsp3) is 0.357. The SMILES string of the molecule is COc1c(C)cc(C)cc1NS(=O)(=O)c1c(C)n[nH]c1C. The van der Waals surface area contributed by atoms with Crippen LogP contribution in [0.25, 0.3) is 0 Å². The second-order valence-electron chi connectivity index (χ2n) is 5.03. The lowest BCUT2D eigenvalue weighted by molar-refractivity contribution is 0.413. The minimum absolute atomic E-state index is 0.170. The summed E-state index contributed by atoms with van der Waals surface area (Å²) in [6, 6.07) is 3.68. The van der Waals surface area contributed by atoms with Crippen LogP contribution in [0.15, 0.2) is 17.0 Å². The molecule has 6 nitrogen and oxygen atoms in total. The molecule has 2 aromatic rings. The molecule has 1 aromatic carbocycles. The van der Waals surface area contributed by atoms with Crippen LogP contribution in [0.4, 0.5) is 5.69 Å². The lowest BCUT2D eigenvalue weighted by atomic mass is 10.1. The summed E-state index contributed by atoms with van der Waals surface area (Å²) in [5.41, 5.74) is 3.18. The lowest BCUT2D eigenvalue weighted by Gasteiger charge is -2.15. The quantitative estimate of drug-likeness (QED) is 0.908. The minimum atomic E-state index is -3.72. The fourth-order valence-corrected chi connectivity index (χ4v) is 3.86. The third-order valence-corrected chi connectivity index (χ3v) is 4.82. The number of H-pyrrole nitrogens is 1. The average Bonchev–Trinajstić information content (AvgIpc) is 2.68. The number of hydrogen-bond acceptors (Lipinski definition) is 4.